The van der Waals surface area contributed by atoms with Gasteiger partial charge in [-0.15, -0.1) is 0 Å². The molecular formula is C25H25F2N3O2. The molecule has 1 aliphatic heterocycles. The third-order valence-electron chi connectivity index (χ3n) is 5.65. The van der Waals surface area contributed by atoms with E-state index in [0.717, 1.165) is 17.2 Å². The Balaban J connectivity index is 1.53. The van der Waals surface area contributed by atoms with E-state index >= 15 is 0 Å². The molecule has 4 rings (SSSR count). The second-order valence-electron chi connectivity index (χ2n) is 7.80. The minimum atomic E-state index is -0.657. The van der Waals surface area contributed by atoms with Crippen LogP contribution in [0, 0.1) is 11.6 Å². The van der Waals surface area contributed by atoms with E-state index in [4.69, 9.17) is 10.6 Å². The predicted octanol–water partition coefficient (Wildman–Crippen LogP) is 4.30. The predicted molar refractivity (Wildman–Crippen MR) is 119 cm³/mol. The van der Waals surface area contributed by atoms with Gasteiger partial charge in [-0.25, -0.2) is 19.4 Å². The Labute approximate surface area is 186 Å². The molecule has 7 heteroatoms. The van der Waals surface area contributed by atoms with Crippen molar-refractivity contribution in [3.05, 3.63) is 101 Å². The quantitative estimate of drug-likeness (QED) is 0.339. The highest BCUT2D eigenvalue weighted by atomic mass is 19.1. The number of hydrogen-bond donors (Lipinski definition) is 1. The van der Waals surface area contributed by atoms with Gasteiger partial charge in [0.05, 0.1) is 29.9 Å². The number of esters is 1. The summed E-state index contributed by atoms with van der Waals surface area (Å²) in [6.07, 6.45) is 0. The first-order chi connectivity index (χ1) is 15.5. The topological polar surface area (TPSA) is 58.8 Å². The number of benzene rings is 3. The third kappa shape index (κ3) is 4.64. The van der Waals surface area contributed by atoms with E-state index in [1.165, 1.54) is 17.1 Å². The zero-order valence-electron chi connectivity index (χ0n) is 17.7. The molecule has 5 nitrogen and oxygen atoms in total. The van der Waals surface area contributed by atoms with Crippen LogP contribution < -0.4 is 10.9 Å². The average Bonchev–Trinajstić information content (AvgIpc) is 2.76. The van der Waals surface area contributed by atoms with Gasteiger partial charge in [0.2, 0.25) is 0 Å². The van der Waals surface area contributed by atoms with Gasteiger partial charge in [-0.2, -0.15) is 0 Å². The van der Waals surface area contributed by atoms with Crippen LogP contribution in [0.4, 0.5) is 14.5 Å². The summed E-state index contributed by atoms with van der Waals surface area (Å²) >= 11 is 0. The van der Waals surface area contributed by atoms with E-state index < -0.39 is 11.6 Å². The van der Waals surface area contributed by atoms with Crippen LogP contribution in [-0.2, 0) is 4.74 Å². The fraction of sp³-hybridized carbons (Fsp3) is 0.240. The Hall–Kier alpha value is -3.29. The Morgan fingerprint density at radius 2 is 1.62 bits per heavy atom. The Bertz CT molecular complexity index is 1050. The number of anilines is 1. The lowest BCUT2D eigenvalue weighted by atomic mass is 9.92. The SMILES string of the molecule is CCOC(=O)c1ccc(C(c2ccccc2)N2CC(N(N)c3cc(F)cc(F)c3)C2)cc1. The van der Waals surface area contributed by atoms with Gasteiger partial charge >= 0.3 is 5.97 Å². The lowest BCUT2D eigenvalue weighted by molar-refractivity contribution is 0.0526. The number of nitrogens with zero attached hydrogens (tertiary/aromatic N) is 2. The maximum Gasteiger partial charge on any atom is 0.338 e. The van der Waals surface area contributed by atoms with Crippen molar-refractivity contribution < 1.29 is 18.3 Å². The first-order valence-corrected chi connectivity index (χ1v) is 10.5. The van der Waals surface area contributed by atoms with Crippen LogP contribution in [0.25, 0.3) is 0 Å². The lowest BCUT2D eigenvalue weighted by Crippen LogP contribution is -2.62. The van der Waals surface area contributed by atoms with Gasteiger partial charge in [0, 0.05) is 19.2 Å². The molecule has 0 spiro atoms. The van der Waals surface area contributed by atoms with E-state index in [1.807, 2.05) is 30.3 Å². The molecule has 3 aromatic carbocycles. The van der Waals surface area contributed by atoms with Crippen LogP contribution >= 0.6 is 0 Å². The first-order valence-electron chi connectivity index (χ1n) is 10.5. The van der Waals surface area contributed by atoms with Crippen LogP contribution in [0.5, 0.6) is 0 Å². The molecule has 0 aliphatic carbocycles. The molecule has 1 fully saturated rings. The Morgan fingerprint density at radius 1 is 1.03 bits per heavy atom. The molecule has 1 aliphatic rings. The van der Waals surface area contributed by atoms with Crippen LogP contribution in [0.1, 0.15) is 34.5 Å². The van der Waals surface area contributed by atoms with E-state index in [-0.39, 0.29) is 18.1 Å². The molecule has 0 radical (unpaired) electrons. The fourth-order valence-corrected chi connectivity index (χ4v) is 4.04. The fourth-order valence-electron chi connectivity index (χ4n) is 4.04. The third-order valence-corrected chi connectivity index (χ3v) is 5.65. The smallest absolute Gasteiger partial charge is 0.338 e. The van der Waals surface area contributed by atoms with Gasteiger partial charge in [-0.05, 0) is 42.3 Å². The second-order valence-corrected chi connectivity index (χ2v) is 7.80. The number of rotatable bonds is 7. The van der Waals surface area contributed by atoms with Crippen LogP contribution in [0.3, 0.4) is 0 Å². The monoisotopic (exact) mass is 437 g/mol. The lowest BCUT2D eigenvalue weighted by Gasteiger charge is -2.48. The molecule has 0 amide bonds. The standard InChI is InChI=1S/C25H25F2N3O2/c1-2-32-25(31)19-10-8-18(9-11-19)24(17-6-4-3-5-7-17)29-15-23(16-29)30(28)22-13-20(26)12-21(27)14-22/h3-14,23-24H,2,15-16,28H2,1H3. The van der Waals surface area contributed by atoms with Gasteiger partial charge in [-0.1, -0.05) is 42.5 Å². The van der Waals surface area contributed by atoms with E-state index in [9.17, 15) is 13.6 Å². The Kier molecular flexibility index (Phi) is 6.48. The van der Waals surface area contributed by atoms with Crippen molar-refractivity contribution in [3.8, 4) is 0 Å². The molecule has 3 aromatic rings. The molecule has 1 saturated heterocycles. The van der Waals surface area contributed by atoms with Crippen LogP contribution in [0.15, 0.2) is 72.8 Å². The molecule has 1 heterocycles. The van der Waals surface area contributed by atoms with Gasteiger partial charge in [0.25, 0.3) is 0 Å². The molecule has 0 bridgehead atoms. The van der Waals surface area contributed by atoms with Crippen molar-refractivity contribution in [2.45, 2.75) is 19.0 Å². The molecule has 1 unspecified atom stereocenters. The highest BCUT2D eigenvalue weighted by Crippen LogP contribution is 2.34. The van der Waals surface area contributed by atoms with Crippen molar-refractivity contribution in [1.82, 2.24) is 4.90 Å². The normalized spacial score (nSPS) is 15.1. The summed E-state index contributed by atoms with van der Waals surface area (Å²) in [6, 6.07) is 20.6. The summed E-state index contributed by atoms with van der Waals surface area (Å²) < 4.78 is 32.3. The number of carbonyl (C=O) groups is 1. The molecule has 0 saturated carbocycles. The number of nitrogens with two attached hydrogens (primary N) is 1. The molecule has 32 heavy (non-hydrogen) atoms. The molecular weight excluding hydrogens is 412 g/mol. The maximum absolute atomic E-state index is 13.6. The molecule has 2 N–H and O–H groups in total. The van der Waals surface area contributed by atoms with E-state index in [0.29, 0.717) is 30.9 Å². The number of hydrogen-bond acceptors (Lipinski definition) is 5. The molecule has 1 atom stereocenters. The van der Waals surface area contributed by atoms with Crippen molar-refractivity contribution >= 4 is 11.7 Å². The van der Waals surface area contributed by atoms with Crippen molar-refractivity contribution in [2.75, 3.05) is 24.7 Å². The summed E-state index contributed by atoms with van der Waals surface area (Å²) in [5, 5.41) is 1.43. The minimum Gasteiger partial charge on any atom is -0.462 e. The second kappa shape index (κ2) is 9.46. The number of hydrazine groups is 1. The highest BCUT2D eigenvalue weighted by Gasteiger charge is 2.37. The van der Waals surface area contributed by atoms with Crippen molar-refractivity contribution in [2.24, 2.45) is 5.84 Å². The van der Waals surface area contributed by atoms with Gasteiger partial charge in [0.15, 0.2) is 0 Å². The van der Waals surface area contributed by atoms with Gasteiger partial charge in [0.1, 0.15) is 11.6 Å². The zero-order valence-corrected chi connectivity index (χ0v) is 17.7. The number of carbonyl (C=O) groups excluding carboxylic acids is 1. The number of ether oxygens (including phenoxy) is 1. The molecule has 166 valence electrons. The van der Waals surface area contributed by atoms with Gasteiger partial charge in [-0.3, -0.25) is 4.90 Å². The summed E-state index contributed by atoms with van der Waals surface area (Å²) in [5.74, 6) is 4.52. The highest BCUT2D eigenvalue weighted by molar-refractivity contribution is 5.89. The van der Waals surface area contributed by atoms with E-state index in [1.54, 1.807) is 19.1 Å². The number of halogens is 2. The van der Waals surface area contributed by atoms with Crippen LogP contribution in [0.2, 0.25) is 0 Å². The Morgan fingerprint density at radius 3 is 2.22 bits per heavy atom. The summed E-state index contributed by atoms with van der Waals surface area (Å²) in [7, 11) is 0. The summed E-state index contributed by atoms with van der Waals surface area (Å²) in [4.78, 5) is 14.2. The maximum atomic E-state index is 13.6. The van der Waals surface area contributed by atoms with Crippen LogP contribution in [-0.4, -0.2) is 36.6 Å². The van der Waals surface area contributed by atoms with Crippen molar-refractivity contribution in [3.63, 3.8) is 0 Å². The average molecular weight is 437 g/mol. The number of likely N-dealkylation sites (tertiary alicyclic amines) is 1. The van der Waals surface area contributed by atoms with Gasteiger partial charge < -0.3 is 9.75 Å². The minimum absolute atomic E-state index is 0.0404. The first kappa shape index (κ1) is 21.9. The summed E-state index contributed by atoms with van der Waals surface area (Å²) in [5.41, 5.74) is 2.95. The largest absolute Gasteiger partial charge is 0.462 e. The van der Waals surface area contributed by atoms with Crippen molar-refractivity contribution in [1.29, 1.82) is 0 Å². The zero-order chi connectivity index (χ0) is 22.7. The molecule has 0 aromatic heterocycles. The van der Waals surface area contributed by atoms with E-state index in [2.05, 4.69) is 17.0 Å². The summed E-state index contributed by atoms with van der Waals surface area (Å²) in [6.45, 7) is 3.34.